The molecular weight excluding hydrogens is 276 g/mol. The van der Waals surface area contributed by atoms with Crippen molar-refractivity contribution in [1.82, 2.24) is 14.4 Å². The van der Waals surface area contributed by atoms with Crippen LogP contribution in [0.1, 0.15) is 5.56 Å². The minimum atomic E-state index is 0.451. The van der Waals surface area contributed by atoms with Gasteiger partial charge in [-0.25, -0.2) is 4.98 Å². The SMILES string of the molecule is CNc1cn2ccnc2c(Oc2ccc(Cl)cc2C)n1. The van der Waals surface area contributed by atoms with Crippen molar-refractivity contribution in [3.63, 3.8) is 0 Å². The van der Waals surface area contributed by atoms with E-state index in [2.05, 4.69) is 15.3 Å². The summed E-state index contributed by atoms with van der Waals surface area (Å²) in [6.07, 6.45) is 5.40. The van der Waals surface area contributed by atoms with E-state index in [1.54, 1.807) is 12.3 Å². The Morgan fingerprint density at radius 2 is 2.20 bits per heavy atom. The van der Waals surface area contributed by atoms with Gasteiger partial charge in [0.1, 0.15) is 11.6 Å². The van der Waals surface area contributed by atoms with Crippen molar-refractivity contribution >= 4 is 23.1 Å². The lowest BCUT2D eigenvalue weighted by Gasteiger charge is -2.10. The fourth-order valence-corrected chi connectivity index (χ4v) is 2.15. The van der Waals surface area contributed by atoms with E-state index in [9.17, 15) is 0 Å². The van der Waals surface area contributed by atoms with Crippen molar-refractivity contribution in [2.45, 2.75) is 6.92 Å². The molecule has 1 aromatic carbocycles. The van der Waals surface area contributed by atoms with E-state index in [1.807, 2.05) is 42.9 Å². The number of halogens is 1. The first kappa shape index (κ1) is 12.7. The molecule has 0 radical (unpaired) electrons. The molecule has 1 N–H and O–H groups in total. The lowest BCUT2D eigenvalue weighted by Crippen LogP contribution is -2.00. The fraction of sp³-hybridized carbons (Fsp3) is 0.143. The molecule has 2 heterocycles. The first-order valence-corrected chi connectivity index (χ1v) is 6.50. The molecule has 0 saturated heterocycles. The van der Waals surface area contributed by atoms with Crippen molar-refractivity contribution in [2.75, 3.05) is 12.4 Å². The maximum Gasteiger partial charge on any atom is 0.265 e. The summed E-state index contributed by atoms with van der Waals surface area (Å²) in [5, 5.41) is 3.68. The number of imidazole rings is 1. The molecule has 20 heavy (non-hydrogen) atoms. The molecule has 0 bridgehead atoms. The van der Waals surface area contributed by atoms with Crippen LogP contribution in [0.2, 0.25) is 5.02 Å². The van der Waals surface area contributed by atoms with Crippen LogP contribution in [0, 0.1) is 6.92 Å². The van der Waals surface area contributed by atoms with Gasteiger partial charge in [0.05, 0.1) is 6.20 Å². The van der Waals surface area contributed by atoms with Gasteiger partial charge in [-0.05, 0) is 30.7 Å². The zero-order chi connectivity index (χ0) is 14.1. The first-order valence-electron chi connectivity index (χ1n) is 6.13. The summed E-state index contributed by atoms with van der Waals surface area (Å²) >= 11 is 5.95. The van der Waals surface area contributed by atoms with E-state index in [4.69, 9.17) is 16.3 Å². The van der Waals surface area contributed by atoms with Gasteiger partial charge in [-0.15, -0.1) is 0 Å². The normalized spacial score (nSPS) is 10.8. The molecule has 0 aliphatic heterocycles. The molecular formula is C14H13ClN4O. The van der Waals surface area contributed by atoms with Gasteiger partial charge in [0.25, 0.3) is 5.88 Å². The van der Waals surface area contributed by atoms with Gasteiger partial charge in [-0.2, -0.15) is 4.98 Å². The number of benzene rings is 1. The zero-order valence-electron chi connectivity index (χ0n) is 11.1. The molecule has 0 amide bonds. The largest absolute Gasteiger partial charge is 0.436 e. The number of anilines is 1. The fourth-order valence-electron chi connectivity index (χ4n) is 1.92. The second kappa shape index (κ2) is 5.02. The predicted octanol–water partition coefficient (Wildman–Crippen LogP) is 3.53. The van der Waals surface area contributed by atoms with Crippen LogP contribution in [0.4, 0.5) is 5.82 Å². The van der Waals surface area contributed by atoms with Gasteiger partial charge in [0.15, 0.2) is 0 Å². The molecule has 6 heteroatoms. The molecule has 0 spiro atoms. The van der Waals surface area contributed by atoms with E-state index in [0.717, 1.165) is 5.56 Å². The van der Waals surface area contributed by atoms with E-state index in [0.29, 0.717) is 28.1 Å². The number of hydrogen-bond donors (Lipinski definition) is 1. The highest BCUT2D eigenvalue weighted by molar-refractivity contribution is 6.30. The lowest BCUT2D eigenvalue weighted by molar-refractivity contribution is 0.462. The van der Waals surface area contributed by atoms with E-state index in [1.165, 1.54) is 0 Å². The van der Waals surface area contributed by atoms with Crippen molar-refractivity contribution in [1.29, 1.82) is 0 Å². The van der Waals surface area contributed by atoms with Gasteiger partial charge in [-0.3, -0.25) is 4.40 Å². The van der Waals surface area contributed by atoms with Gasteiger partial charge < -0.3 is 10.1 Å². The highest BCUT2D eigenvalue weighted by Gasteiger charge is 2.11. The van der Waals surface area contributed by atoms with Crippen LogP contribution in [0.3, 0.4) is 0 Å². The highest BCUT2D eigenvalue weighted by atomic mass is 35.5. The van der Waals surface area contributed by atoms with Crippen LogP contribution in [-0.4, -0.2) is 21.4 Å². The minimum Gasteiger partial charge on any atom is -0.436 e. The lowest BCUT2D eigenvalue weighted by atomic mass is 10.2. The van der Waals surface area contributed by atoms with Crippen molar-refractivity contribution in [3.8, 4) is 11.6 Å². The van der Waals surface area contributed by atoms with Crippen LogP contribution in [0.25, 0.3) is 5.65 Å². The Balaban J connectivity index is 2.07. The van der Waals surface area contributed by atoms with E-state index >= 15 is 0 Å². The smallest absolute Gasteiger partial charge is 0.265 e. The second-order valence-corrected chi connectivity index (χ2v) is 4.79. The Morgan fingerprint density at radius 3 is 2.95 bits per heavy atom. The van der Waals surface area contributed by atoms with Gasteiger partial charge in [-0.1, -0.05) is 11.6 Å². The number of aromatic nitrogens is 3. The molecule has 2 aromatic heterocycles. The number of nitrogens with zero attached hydrogens (tertiary/aromatic N) is 3. The average molecular weight is 289 g/mol. The van der Waals surface area contributed by atoms with Crippen molar-refractivity contribution in [2.24, 2.45) is 0 Å². The summed E-state index contributed by atoms with van der Waals surface area (Å²) in [7, 11) is 1.81. The maximum atomic E-state index is 5.95. The Kier molecular flexibility index (Phi) is 3.20. The number of aryl methyl sites for hydroxylation is 1. The summed E-state index contributed by atoms with van der Waals surface area (Å²) in [6.45, 7) is 1.94. The molecule has 0 atom stereocenters. The summed E-state index contributed by atoms with van der Waals surface area (Å²) in [5.74, 6) is 1.87. The molecule has 102 valence electrons. The summed E-state index contributed by atoms with van der Waals surface area (Å²) in [4.78, 5) is 8.66. The molecule has 0 saturated carbocycles. The molecule has 3 aromatic rings. The Hall–Kier alpha value is -2.27. The highest BCUT2D eigenvalue weighted by Crippen LogP contribution is 2.29. The van der Waals surface area contributed by atoms with Gasteiger partial charge >= 0.3 is 0 Å². The van der Waals surface area contributed by atoms with Gasteiger partial charge in [0, 0.05) is 24.5 Å². The number of hydrogen-bond acceptors (Lipinski definition) is 4. The maximum absolute atomic E-state index is 5.95. The summed E-state index contributed by atoms with van der Waals surface area (Å²) in [6, 6.07) is 5.46. The quantitative estimate of drug-likeness (QED) is 0.801. The Labute approximate surface area is 121 Å². The molecule has 5 nitrogen and oxygen atoms in total. The molecule has 0 aliphatic rings. The third-order valence-electron chi connectivity index (χ3n) is 2.94. The third kappa shape index (κ3) is 2.28. The first-order chi connectivity index (χ1) is 9.67. The Morgan fingerprint density at radius 1 is 1.35 bits per heavy atom. The van der Waals surface area contributed by atoms with E-state index in [-0.39, 0.29) is 0 Å². The third-order valence-corrected chi connectivity index (χ3v) is 3.18. The standard InChI is InChI=1S/C14H13ClN4O/c1-9-7-10(15)3-4-11(9)20-14-13-17-5-6-19(13)8-12(16-2)18-14/h3-8,16H,1-2H3. The molecule has 0 aliphatic carbocycles. The molecule has 3 rings (SSSR count). The van der Waals surface area contributed by atoms with Crippen LogP contribution in [0.15, 0.2) is 36.8 Å². The van der Waals surface area contributed by atoms with Crippen LogP contribution >= 0.6 is 11.6 Å². The monoisotopic (exact) mass is 288 g/mol. The topological polar surface area (TPSA) is 51.5 Å². The number of rotatable bonds is 3. The zero-order valence-corrected chi connectivity index (χ0v) is 11.8. The minimum absolute atomic E-state index is 0.451. The Bertz CT molecular complexity index is 769. The van der Waals surface area contributed by atoms with Crippen LogP contribution < -0.4 is 10.1 Å². The summed E-state index contributed by atoms with van der Waals surface area (Å²) in [5.41, 5.74) is 1.61. The van der Waals surface area contributed by atoms with E-state index < -0.39 is 0 Å². The number of nitrogens with one attached hydrogen (secondary N) is 1. The molecule has 0 unspecified atom stereocenters. The van der Waals surface area contributed by atoms with Gasteiger partial charge in [0.2, 0.25) is 5.65 Å². The van der Waals surface area contributed by atoms with Crippen LogP contribution in [0.5, 0.6) is 11.6 Å². The number of fused-ring (bicyclic) bond motifs is 1. The summed E-state index contributed by atoms with van der Waals surface area (Å²) < 4.78 is 7.75. The van der Waals surface area contributed by atoms with Crippen LogP contribution in [-0.2, 0) is 0 Å². The van der Waals surface area contributed by atoms with Crippen molar-refractivity contribution in [3.05, 3.63) is 47.4 Å². The molecule has 0 fully saturated rings. The average Bonchev–Trinajstić information content (AvgIpc) is 2.90. The second-order valence-electron chi connectivity index (χ2n) is 4.35. The van der Waals surface area contributed by atoms with Crippen molar-refractivity contribution < 1.29 is 4.74 Å². The number of ether oxygens (including phenoxy) is 1. The predicted molar refractivity (Wildman–Crippen MR) is 78.8 cm³/mol.